The van der Waals surface area contributed by atoms with Crippen LogP contribution in [0.2, 0.25) is 0 Å². The van der Waals surface area contributed by atoms with Crippen LogP contribution in [-0.2, 0) is 16.3 Å². The van der Waals surface area contributed by atoms with Crippen molar-refractivity contribution in [3.8, 4) is 6.07 Å². The van der Waals surface area contributed by atoms with Gasteiger partial charge in [-0.05, 0) is 68.2 Å². The second-order valence-corrected chi connectivity index (χ2v) is 9.71. The Morgan fingerprint density at radius 3 is 2.55 bits per heavy atom. The summed E-state index contributed by atoms with van der Waals surface area (Å²) in [6, 6.07) is 13.6. The van der Waals surface area contributed by atoms with Crippen LogP contribution in [0.15, 0.2) is 53.6 Å². The molecule has 5 nitrogen and oxygen atoms in total. The number of sulfone groups is 1. The van der Waals surface area contributed by atoms with E-state index in [1.165, 1.54) is 12.1 Å². The summed E-state index contributed by atoms with van der Waals surface area (Å²) in [6.07, 6.45) is 3.59. The maximum Gasteiger partial charge on any atom is 0.181 e. The van der Waals surface area contributed by atoms with Crippen LogP contribution in [0.25, 0.3) is 10.9 Å². The number of likely N-dealkylation sites (tertiary alicyclic amines) is 1. The Labute approximate surface area is 169 Å². The van der Waals surface area contributed by atoms with E-state index in [4.69, 9.17) is 0 Å². The van der Waals surface area contributed by atoms with Gasteiger partial charge in [-0.1, -0.05) is 12.1 Å². The number of rotatable bonds is 5. The van der Waals surface area contributed by atoms with Gasteiger partial charge in [0.1, 0.15) is 11.9 Å². The van der Waals surface area contributed by atoms with Crippen LogP contribution < -0.4 is 0 Å². The minimum absolute atomic E-state index is 0.237. The van der Waals surface area contributed by atoms with Gasteiger partial charge in [0.25, 0.3) is 0 Å². The van der Waals surface area contributed by atoms with Gasteiger partial charge in [-0.2, -0.15) is 5.26 Å². The molecule has 1 fully saturated rings. The zero-order valence-electron chi connectivity index (χ0n) is 15.9. The fraction of sp³-hybridized carbons (Fsp3) is 0.318. The third-order valence-corrected chi connectivity index (χ3v) is 7.97. The van der Waals surface area contributed by atoms with Gasteiger partial charge >= 0.3 is 0 Å². The second kappa shape index (κ2) is 7.97. The van der Waals surface area contributed by atoms with Crippen molar-refractivity contribution < 1.29 is 12.8 Å². The number of hydrogen-bond donors (Lipinski definition) is 1. The molecule has 1 aliphatic rings. The topological polar surface area (TPSA) is 77.0 Å². The number of aromatic nitrogens is 1. The minimum Gasteiger partial charge on any atom is -0.360 e. The third kappa shape index (κ3) is 4.04. The summed E-state index contributed by atoms with van der Waals surface area (Å²) >= 11 is 0. The summed E-state index contributed by atoms with van der Waals surface area (Å²) < 4.78 is 39.2. The van der Waals surface area contributed by atoms with Crippen LogP contribution in [0, 0.1) is 17.1 Å². The smallest absolute Gasteiger partial charge is 0.181 e. The van der Waals surface area contributed by atoms with Crippen LogP contribution >= 0.6 is 0 Å². The first-order valence-electron chi connectivity index (χ1n) is 9.69. The molecule has 2 aromatic carbocycles. The predicted molar refractivity (Wildman–Crippen MR) is 110 cm³/mol. The first-order chi connectivity index (χ1) is 14.0. The lowest BCUT2D eigenvalue weighted by Gasteiger charge is -2.31. The molecule has 1 aliphatic heterocycles. The largest absolute Gasteiger partial charge is 0.360 e. The number of fused-ring (bicyclic) bond motifs is 1. The number of nitrogens with zero attached hydrogens (tertiary/aromatic N) is 2. The summed E-state index contributed by atoms with van der Waals surface area (Å²) in [7, 11) is -3.44. The van der Waals surface area contributed by atoms with E-state index in [2.05, 4.69) is 16.0 Å². The molecule has 1 aromatic heterocycles. The zero-order chi connectivity index (χ0) is 20.4. The van der Waals surface area contributed by atoms with Gasteiger partial charge in [0, 0.05) is 23.6 Å². The average Bonchev–Trinajstić information content (AvgIpc) is 3.16. The summed E-state index contributed by atoms with van der Waals surface area (Å²) in [5.74, 6) is -0.237. The molecule has 3 aromatic rings. The van der Waals surface area contributed by atoms with Gasteiger partial charge in [-0.25, -0.2) is 12.8 Å². The fourth-order valence-electron chi connectivity index (χ4n) is 3.94. The maximum atomic E-state index is 13.1. The normalized spacial score (nSPS) is 16.1. The van der Waals surface area contributed by atoms with E-state index in [0.717, 1.165) is 37.1 Å². The molecule has 1 saturated heterocycles. The Morgan fingerprint density at radius 1 is 1.14 bits per heavy atom. The lowest BCUT2D eigenvalue weighted by atomic mass is 10.1. The molecule has 150 valence electrons. The number of benzene rings is 2. The highest BCUT2D eigenvalue weighted by Gasteiger charge is 2.31. The van der Waals surface area contributed by atoms with Crippen molar-refractivity contribution in [2.24, 2.45) is 0 Å². The van der Waals surface area contributed by atoms with E-state index in [1.807, 2.05) is 0 Å². The highest BCUT2D eigenvalue weighted by molar-refractivity contribution is 7.92. The summed E-state index contributed by atoms with van der Waals surface area (Å²) in [6.45, 7) is 2.28. The minimum atomic E-state index is -3.44. The number of aromatic amines is 1. The summed E-state index contributed by atoms with van der Waals surface area (Å²) in [5, 5.41) is 9.43. The van der Waals surface area contributed by atoms with Gasteiger partial charge in [0.05, 0.1) is 15.7 Å². The van der Waals surface area contributed by atoms with Crippen LogP contribution in [-0.4, -0.2) is 43.2 Å². The fourth-order valence-corrected chi connectivity index (χ4v) is 5.70. The summed E-state index contributed by atoms with van der Waals surface area (Å²) in [5.41, 5.74) is 2.29. The number of nitriles is 1. The molecule has 1 N–H and O–H groups in total. The molecule has 0 amide bonds. The lowest BCUT2D eigenvalue weighted by molar-refractivity contribution is 0.232. The first kappa shape index (κ1) is 19.6. The Hall–Kier alpha value is -2.69. The van der Waals surface area contributed by atoms with E-state index in [9.17, 15) is 18.1 Å². The van der Waals surface area contributed by atoms with Gasteiger partial charge in [0.15, 0.2) is 9.84 Å². The average molecular weight is 412 g/mol. The Kier molecular flexibility index (Phi) is 5.39. The highest BCUT2D eigenvalue weighted by Crippen LogP contribution is 2.28. The van der Waals surface area contributed by atoms with E-state index in [-0.39, 0.29) is 10.7 Å². The molecule has 0 atom stereocenters. The van der Waals surface area contributed by atoms with Crippen LogP contribution in [0.4, 0.5) is 4.39 Å². The molecular weight excluding hydrogens is 389 g/mol. The van der Waals surface area contributed by atoms with Crippen molar-refractivity contribution in [1.82, 2.24) is 9.88 Å². The molecule has 29 heavy (non-hydrogen) atoms. The zero-order valence-corrected chi connectivity index (χ0v) is 16.8. The number of nitrogens with one attached hydrogen (secondary N) is 1. The van der Waals surface area contributed by atoms with Gasteiger partial charge in [-0.15, -0.1) is 0 Å². The SMILES string of the molecule is N#Cc1c[nH]c2ccc(S(=O)(=O)C3CCN(CCc4ccc(F)cc4)CC3)cc12. The third-order valence-electron chi connectivity index (χ3n) is 5.71. The predicted octanol–water partition coefficient (Wildman–Crippen LogP) is 3.66. The second-order valence-electron chi connectivity index (χ2n) is 7.48. The lowest BCUT2D eigenvalue weighted by Crippen LogP contribution is -2.40. The van der Waals surface area contributed by atoms with Crippen molar-refractivity contribution in [3.63, 3.8) is 0 Å². The molecule has 0 unspecified atom stereocenters. The molecule has 4 rings (SSSR count). The number of piperidine rings is 1. The van der Waals surface area contributed by atoms with E-state index in [1.54, 1.807) is 36.5 Å². The van der Waals surface area contributed by atoms with Crippen molar-refractivity contribution >= 4 is 20.7 Å². The van der Waals surface area contributed by atoms with E-state index >= 15 is 0 Å². The van der Waals surface area contributed by atoms with Gasteiger partial charge in [0.2, 0.25) is 0 Å². The van der Waals surface area contributed by atoms with Crippen molar-refractivity contribution in [2.75, 3.05) is 19.6 Å². The number of halogens is 1. The highest BCUT2D eigenvalue weighted by atomic mass is 32.2. The van der Waals surface area contributed by atoms with Crippen LogP contribution in [0.3, 0.4) is 0 Å². The molecule has 0 spiro atoms. The summed E-state index contributed by atoms with van der Waals surface area (Å²) in [4.78, 5) is 5.53. The monoisotopic (exact) mass is 411 g/mol. The molecular formula is C22H22FN3O2S. The van der Waals surface area contributed by atoms with Gasteiger partial charge in [-0.3, -0.25) is 0 Å². The van der Waals surface area contributed by atoms with Gasteiger partial charge < -0.3 is 9.88 Å². The Balaban J connectivity index is 1.41. The maximum absolute atomic E-state index is 13.1. The van der Waals surface area contributed by atoms with Crippen molar-refractivity contribution in [1.29, 1.82) is 5.26 Å². The molecule has 0 saturated carbocycles. The number of H-pyrrole nitrogens is 1. The van der Waals surface area contributed by atoms with E-state index in [0.29, 0.717) is 23.8 Å². The Bertz CT molecular complexity index is 1150. The van der Waals surface area contributed by atoms with Crippen LogP contribution in [0.5, 0.6) is 0 Å². The van der Waals surface area contributed by atoms with Crippen molar-refractivity contribution in [2.45, 2.75) is 29.4 Å². The molecule has 0 aliphatic carbocycles. The Morgan fingerprint density at radius 2 is 1.86 bits per heavy atom. The quantitative estimate of drug-likeness (QED) is 0.695. The molecule has 0 bridgehead atoms. The molecule has 2 heterocycles. The van der Waals surface area contributed by atoms with E-state index < -0.39 is 15.1 Å². The van der Waals surface area contributed by atoms with Crippen molar-refractivity contribution in [3.05, 3.63) is 65.6 Å². The molecule has 0 radical (unpaired) electrons. The standard InChI is InChI=1S/C22H22FN3O2S/c23-18-3-1-16(2-4-18)7-10-26-11-8-19(9-12-26)29(27,28)20-5-6-22-21(13-20)17(14-24)15-25-22/h1-6,13,15,19,25H,7-12H2. The number of hydrogen-bond acceptors (Lipinski definition) is 4. The first-order valence-corrected chi connectivity index (χ1v) is 11.2. The molecule has 7 heteroatoms. The van der Waals surface area contributed by atoms with Crippen LogP contribution in [0.1, 0.15) is 24.0 Å².